The number of rotatable bonds is 8. The van der Waals surface area contributed by atoms with E-state index >= 15 is 0 Å². The monoisotopic (exact) mass is 291 g/mol. The van der Waals surface area contributed by atoms with Crippen LogP contribution in [0, 0.1) is 5.92 Å². The van der Waals surface area contributed by atoms with Crippen molar-refractivity contribution in [2.45, 2.75) is 51.8 Å². The van der Waals surface area contributed by atoms with E-state index in [1.54, 1.807) is 13.8 Å². The molecule has 6 heteroatoms. The Balaban J connectivity index is 4.32. The molecule has 4 atom stereocenters. The maximum absolute atomic E-state index is 12.0. The van der Waals surface area contributed by atoms with Gasteiger partial charge in [0.05, 0.1) is 13.0 Å². The summed E-state index contributed by atoms with van der Waals surface area (Å²) < 4.78 is 16.6. The van der Waals surface area contributed by atoms with Crippen LogP contribution in [0.3, 0.4) is 0 Å². The number of nitrogens with one attached hydrogen (secondary N) is 1. The Morgan fingerprint density at radius 1 is 1.26 bits per heavy atom. The molecular formula is C13H25NO4S. The lowest BCUT2D eigenvalue weighted by atomic mass is 10.2. The molecule has 4 unspecified atom stereocenters. The first-order chi connectivity index (χ1) is 8.83. The van der Waals surface area contributed by atoms with E-state index in [9.17, 15) is 13.8 Å². The molecule has 19 heavy (non-hydrogen) atoms. The zero-order valence-electron chi connectivity index (χ0n) is 12.4. The van der Waals surface area contributed by atoms with Gasteiger partial charge in [-0.15, -0.1) is 0 Å². The summed E-state index contributed by atoms with van der Waals surface area (Å²) in [6.45, 7) is 7.23. The van der Waals surface area contributed by atoms with Gasteiger partial charge in [0.25, 0.3) is 0 Å². The number of methoxy groups -OCH3 is 1. The molecule has 0 saturated heterocycles. The number of hydrogen-bond acceptors (Lipinski definition) is 4. The van der Waals surface area contributed by atoms with Crippen molar-refractivity contribution in [3.8, 4) is 0 Å². The van der Waals surface area contributed by atoms with Crippen molar-refractivity contribution in [3.63, 3.8) is 0 Å². The van der Waals surface area contributed by atoms with Gasteiger partial charge >= 0.3 is 5.97 Å². The molecule has 1 N–H and O–H groups in total. The van der Waals surface area contributed by atoms with Crippen molar-refractivity contribution in [3.05, 3.63) is 0 Å². The van der Waals surface area contributed by atoms with Gasteiger partial charge in [0, 0.05) is 22.6 Å². The van der Waals surface area contributed by atoms with E-state index in [4.69, 9.17) is 0 Å². The lowest BCUT2D eigenvalue weighted by Crippen LogP contribution is -2.41. The molecule has 0 aliphatic carbocycles. The van der Waals surface area contributed by atoms with Gasteiger partial charge in [0.2, 0.25) is 5.91 Å². The maximum atomic E-state index is 12.0. The predicted molar refractivity (Wildman–Crippen MR) is 76.2 cm³/mol. The molecule has 0 spiro atoms. The van der Waals surface area contributed by atoms with E-state index in [2.05, 4.69) is 10.1 Å². The molecule has 0 aromatic rings. The Morgan fingerprint density at radius 2 is 1.84 bits per heavy atom. The lowest BCUT2D eigenvalue weighted by Gasteiger charge is -2.18. The second-order valence-electron chi connectivity index (χ2n) is 4.81. The van der Waals surface area contributed by atoms with Crippen molar-refractivity contribution < 1.29 is 18.5 Å². The van der Waals surface area contributed by atoms with Gasteiger partial charge in [-0.25, -0.2) is 0 Å². The van der Waals surface area contributed by atoms with Gasteiger partial charge in [-0.3, -0.25) is 13.8 Å². The van der Waals surface area contributed by atoms with E-state index < -0.39 is 27.9 Å². The van der Waals surface area contributed by atoms with Crippen LogP contribution in [0.4, 0.5) is 0 Å². The highest BCUT2D eigenvalue weighted by Crippen LogP contribution is 2.06. The van der Waals surface area contributed by atoms with Crippen LogP contribution in [-0.4, -0.2) is 40.2 Å². The molecule has 0 bridgehead atoms. The molecular weight excluding hydrogens is 266 g/mol. The number of amides is 1. The fourth-order valence-corrected chi connectivity index (χ4v) is 2.87. The van der Waals surface area contributed by atoms with Crippen molar-refractivity contribution in [2.24, 2.45) is 5.92 Å². The predicted octanol–water partition coefficient (Wildman–Crippen LogP) is 1.24. The highest BCUT2D eigenvalue weighted by molar-refractivity contribution is 7.86. The summed E-state index contributed by atoms with van der Waals surface area (Å²) in [5, 5.41) is 2.21. The molecule has 0 radical (unpaired) electrons. The number of carbonyl (C=O) groups excluding carboxylic acids is 2. The Morgan fingerprint density at radius 3 is 2.32 bits per heavy atom. The molecule has 5 nitrogen and oxygen atoms in total. The van der Waals surface area contributed by atoms with E-state index in [0.29, 0.717) is 0 Å². The molecule has 0 aromatic heterocycles. The molecule has 0 aliphatic heterocycles. The van der Waals surface area contributed by atoms with Crippen molar-refractivity contribution >= 4 is 22.7 Å². The minimum absolute atomic E-state index is 0.0787. The first-order valence-electron chi connectivity index (χ1n) is 6.58. The zero-order valence-corrected chi connectivity index (χ0v) is 13.2. The van der Waals surface area contributed by atoms with Crippen molar-refractivity contribution in [1.29, 1.82) is 0 Å². The normalized spacial score (nSPS) is 17.1. The number of esters is 1. The zero-order chi connectivity index (χ0) is 15.0. The van der Waals surface area contributed by atoms with E-state index in [1.807, 2.05) is 13.8 Å². The summed E-state index contributed by atoms with van der Waals surface area (Å²) in [6.07, 6.45) is 1.88. The molecule has 0 rings (SSSR count). The van der Waals surface area contributed by atoms with Gasteiger partial charge in [-0.05, 0) is 20.3 Å². The van der Waals surface area contributed by atoms with E-state index in [0.717, 1.165) is 12.8 Å². The minimum Gasteiger partial charge on any atom is -0.469 e. The summed E-state index contributed by atoms with van der Waals surface area (Å²) >= 11 is 0. The van der Waals surface area contributed by atoms with E-state index in [1.165, 1.54) is 7.11 Å². The summed E-state index contributed by atoms with van der Waals surface area (Å²) in [6, 6.07) is 0.0787. The highest BCUT2D eigenvalue weighted by Gasteiger charge is 2.25. The molecule has 0 heterocycles. The smallest absolute Gasteiger partial charge is 0.309 e. The van der Waals surface area contributed by atoms with Crippen molar-refractivity contribution in [2.75, 3.05) is 12.9 Å². The van der Waals surface area contributed by atoms with Crippen LogP contribution in [0.2, 0.25) is 0 Å². The van der Waals surface area contributed by atoms with Gasteiger partial charge in [0.1, 0.15) is 5.25 Å². The molecule has 1 amide bonds. The third-order valence-corrected chi connectivity index (χ3v) is 4.72. The van der Waals surface area contributed by atoms with Crippen LogP contribution in [-0.2, 0) is 25.1 Å². The van der Waals surface area contributed by atoms with Crippen LogP contribution in [0.25, 0.3) is 0 Å². The molecule has 112 valence electrons. The van der Waals surface area contributed by atoms with Gasteiger partial charge in [-0.1, -0.05) is 20.3 Å². The van der Waals surface area contributed by atoms with Gasteiger partial charge in [-0.2, -0.15) is 0 Å². The van der Waals surface area contributed by atoms with E-state index in [-0.39, 0.29) is 17.7 Å². The summed E-state index contributed by atoms with van der Waals surface area (Å²) in [5.74, 6) is -0.950. The van der Waals surface area contributed by atoms with Crippen molar-refractivity contribution in [1.82, 2.24) is 5.32 Å². The van der Waals surface area contributed by atoms with Crippen LogP contribution >= 0.6 is 0 Å². The lowest BCUT2D eigenvalue weighted by molar-refractivity contribution is -0.144. The standard InChI is InChI=1S/C13H25NO4S/c1-6-7-10(3)14-12(15)11(4)19(17)8-9(2)13(16)18-5/h9-11H,6-8H2,1-5H3,(H,14,15). The number of hydrogen-bond donors (Lipinski definition) is 1. The Bertz CT molecular complexity index is 333. The SMILES string of the molecule is CCCC(C)NC(=O)C(C)S(=O)CC(C)C(=O)OC. The maximum Gasteiger partial charge on any atom is 0.309 e. The third-order valence-electron chi connectivity index (χ3n) is 2.89. The quantitative estimate of drug-likeness (QED) is 0.683. The highest BCUT2D eigenvalue weighted by atomic mass is 32.2. The Hall–Kier alpha value is -0.910. The Kier molecular flexibility index (Phi) is 8.63. The minimum atomic E-state index is -1.38. The topological polar surface area (TPSA) is 72.5 Å². The first-order valence-corrected chi connectivity index (χ1v) is 7.97. The van der Waals surface area contributed by atoms with Gasteiger partial charge in [0.15, 0.2) is 0 Å². The molecule has 0 fully saturated rings. The Labute approximate surface area is 117 Å². The second kappa shape index (κ2) is 9.07. The molecule has 0 saturated carbocycles. The van der Waals surface area contributed by atoms with Crippen LogP contribution in [0.5, 0.6) is 0 Å². The number of carbonyl (C=O) groups is 2. The largest absolute Gasteiger partial charge is 0.469 e. The first kappa shape index (κ1) is 18.1. The summed E-state index contributed by atoms with van der Waals surface area (Å²) in [7, 11) is -0.0844. The second-order valence-corrected chi connectivity index (χ2v) is 6.61. The van der Waals surface area contributed by atoms with Crippen LogP contribution in [0.15, 0.2) is 0 Å². The fraction of sp³-hybridized carbons (Fsp3) is 0.846. The molecule has 0 aliphatic rings. The third kappa shape index (κ3) is 6.71. The average molecular weight is 291 g/mol. The van der Waals surface area contributed by atoms with Gasteiger partial charge < -0.3 is 10.1 Å². The van der Waals surface area contributed by atoms with Crippen LogP contribution in [0.1, 0.15) is 40.5 Å². The number of ether oxygens (including phenoxy) is 1. The average Bonchev–Trinajstić information content (AvgIpc) is 2.36. The summed E-state index contributed by atoms with van der Waals surface area (Å²) in [5.41, 5.74) is 0. The summed E-state index contributed by atoms with van der Waals surface area (Å²) in [4.78, 5) is 23.1. The fourth-order valence-electron chi connectivity index (χ4n) is 1.64. The van der Waals surface area contributed by atoms with Crippen LogP contribution < -0.4 is 5.32 Å². The molecule has 0 aromatic carbocycles.